The van der Waals surface area contributed by atoms with Crippen molar-refractivity contribution in [2.75, 3.05) is 24.2 Å². The molecule has 22 heavy (non-hydrogen) atoms. The molecule has 0 aliphatic carbocycles. The molecule has 1 heterocycles. The van der Waals surface area contributed by atoms with Crippen LogP contribution in [0.25, 0.3) is 0 Å². The number of sulfonamides is 1. The molecule has 1 saturated heterocycles. The zero-order chi connectivity index (χ0) is 16.3. The number of piperidine rings is 1. The maximum atomic E-state index is 12.4. The van der Waals surface area contributed by atoms with E-state index in [1.54, 1.807) is 25.1 Å². The van der Waals surface area contributed by atoms with Gasteiger partial charge in [0.2, 0.25) is 15.9 Å². The summed E-state index contributed by atoms with van der Waals surface area (Å²) >= 11 is 11.9. The Morgan fingerprint density at radius 2 is 2.14 bits per heavy atom. The third-order valence-corrected chi connectivity index (χ3v) is 6.11. The molecule has 0 unspecified atom stereocenters. The third-order valence-electron chi connectivity index (χ3n) is 3.70. The largest absolute Gasteiger partial charge is 0.324 e. The Bertz CT molecular complexity index is 664. The minimum absolute atomic E-state index is 0.0431. The molecule has 8 heteroatoms. The van der Waals surface area contributed by atoms with E-state index < -0.39 is 10.0 Å². The number of carbonyl (C=O) groups excluding carboxylic acids is 1. The lowest BCUT2D eigenvalue weighted by Gasteiger charge is -2.31. The number of carbonyl (C=O) groups is 1. The van der Waals surface area contributed by atoms with Gasteiger partial charge >= 0.3 is 0 Å². The zero-order valence-corrected chi connectivity index (χ0v) is 14.5. The van der Waals surface area contributed by atoms with Gasteiger partial charge < -0.3 is 5.32 Å². The average Bonchev–Trinajstić information content (AvgIpc) is 2.51. The van der Waals surface area contributed by atoms with Crippen molar-refractivity contribution in [2.45, 2.75) is 19.8 Å². The number of hydrogen-bond acceptors (Lipinski definition) is 3. The number of rotatable bonds is 4. The smallest absolute Gasteiger partial charge is 0.228 e. The van der Waals surface area contributed by atoms with E-state index >= 15 is 0 Å². The molecule has 0 radical (unpaired) electrons. The second kappa shape index (κ2) is 7.17. The number of benzene rings is 1. The van der Waals surface area contributed by atoms with Crippen LogP contribution in [0.2, 0.25) is 10.0 Å². The Morgan fingerprint density at radius 3 is 2.82 bits per heavy atom. The second-order valence-electron chi connectivity index (χ2n) is 5.21. The number of nitrogens with zero attached hydrogens (tertiary/aromatic N) is 1. The Kier molecular flexibility index (Phi) is 5.71. The molecular weight excluding hydrogens is 347 g/mol. The minimum atomic E-state index is -3.27. The predicted molar refractivity (Wildman–Crippen MR) is 88.8 cm³/mol. The number of halogens is 2. The van der Waals surface area contributed by atoms with Crippen LogP contribution in [0, 0.1) is 5.92 Å². The van der Waals surface area contributed by atoms with Crippen molar-refractivity contribution in [3.63, 3.8) is 0 Å². The minimum Gasteiger partial charge on any atom is -0.324 e. The van der Waals surface area contributed by atoms with Crippen LogP contribution in [0.3, 0.4) is 0 Å². The molecule has 0 spiro atoms. The molecule has 2 rings (SSSR count). The van der Waals surface area contributed by atoms with Gasteiger partial charge in [-0.15, -0.1) is 0 Å². The first-order valence-corrected chi connectivity index (χ1v) is 9.43. The van der Waals surface area contributed by atoms with Crippen LogP contribution in [0.5, 0.6) is 0 Å². The molecule has 5 nitrogen and oxygen atoms in total. The number of nitrogens with one attached hydrogen (secondary N) is 1. The summed E-state index contributed by atoms with van der Waals surface area (Å²) in [6, 6.07) is 4.81. The quantitative estimate of drug-likeness (QED) is 0.892. The molecule has 1 amide bonds. The van der Waals surface area contributed by atoms with Crippen molar-refractivity contribution in [1.82, 2.24) is 4.31 Å². The summed E-state index contributed by atoms with van der Waals surface area (Å²) in [7, 11) is -3.27. The van der Waals surface area contributed by atoms with Crippen molar-refractivity contribution in [1.29, 1.82) is 0 Å². The van der Waals surface area contributed by atoms with E-state index in [1.807, 2.05) is 0 Å². The van der Waals surface area contributed by atoms with Crippen LogP contribution in [0.4, 0.5) is 5.69 Å². The summed E-state index contributed by atoms with van der Waals surface area (Å²) in [5.74, 6) is -0.577. The molecule has 1 N–H and O–H groups in total. The van der Waals surface area contributed by atoms with Crippen molar-refractivity contribution in [3.05, 3.63) is 28.2 Å². The van der Waals surface area contributed by atoms with Gasteiger partial charge in [0.1, 0.15) is 0 Å². The second-order valence-corrected chi connectivity index (χ2v) is 8.31. The summed E-state index contributed by atoms with van der Waals surface area (Å²) < 4.78 is 25.3. The van der Waals surface area contributed by atoms with Gasteiger partial charge in [0.25, 0.3) is 0 Å². The van der Waals surface area contributed by atoms with Gasteiger partial charge in [-0.1, -0.05) is 23.2 Å². The fourth-order valence-electron chi connectivity index (χ4n) is 2.42. The highest BCUT2D eigenvalue weighted by Crippen LogP contribution is 2.27. The van der Waals surface area contributed by atoms with Gasteiger partial charge in [0.05, 0.1) is 22.4 Å². The average molecular weight is 365 g/mol. The molecule has 1 aliphatic heterocycles. The van der Waals surface area contributed by atoms with E-state index in [4.69, 9.17) is 23.2 Å². The SMILES string of the molecule is CCS(=O)(=O)N1CCC[C@H](C(=O)Nc2cc(Cl)ccc2Cl)C1. The van der Waals surface area contributed by atoms with E-state index in [9.17, 15) is 13.2 Å². The van der Waals surface area contributed by atoms with Gasteiger partial charge in [0.15, 0.2) is 0 Å². The summed E-state index contributed by atoms with van der Waals surface area (Å²) in [5, 5.41) is 3.60. The molecule has 0 bridgehead atoms. The van der Waals surface area contributed by atoms with Crippen LogP contribution in [0.15, 0.2) is 18.2 Å². The van der Waals surface area contributed by atoms with Crippen LogP contribution in [-0.2, 0) is 14.8 Å². The van der Waals surface area contributed by atoms with E-state index in [0.29, 0.717) is 35.1 Å². The molecule has 1 fully saturated rings. The molecule has 122 valence electrons. The predicted octanol–water partition coefficient (Wildman–Crippen LogP) is 2.99. The van der Waals surface area contributed by atoms with Crippen molar-refractivity contribution >= 4 is 44.8 Å². The monoisotopic (exact) mass is 364 g/mol. The summed E-state index contributed by atoms with van der Waals surface area (Å²) in [5.41, 5.74) is 0.439. The number of anilines is 1. The Balaban J connectivity index is 2.08. The van der Waals surface area contributed by atoms with Gasteiger partial charge in [-0.2, -0.15) is 0 Å². The first-order valence-electron chi connectivity index (χ1n) is 7.07. The summed E-state index contributed by atoms with van der Waals surface area (Å²) in [6.07, 6.45) is 1.32. The van der Waals surface area contributed by atoms with Crippen LogP contribution in [0.1, 0.15) is 19.8 Å². The van der Waals surface area contributed by atoms with Crippen LogP contribution >= 0.6 is 23.2 Å². The Hall–Kier alpha value is -0.820. The third kappa shape index (κ3) is 4.13. The van der Waals surface area contributed by atoms with Crippen LogP contribution < -0.4 is 5.32 Å². The van der Waals surface area contributed by atoms with Gasteiger partial charge in [-0.05, 0) is 38.0 Å². The van der Waals surface area contributed by atoms with Gasteiger partial charge in [-0.3, -0.25) is 4.79 Å². The fourth-order valence-corrected chi connectivity index (χ4v) is 3.94. The fraction of sp³-hybridized carbons (Fsp3) is 0.500. The molecular formula is C14H18Cl2N2O3S. The van der Waals surface area contributed by atoms with Crippen molar-refractivity contribution in [3.8, 4) is 0 Å². The summed E-state index contributed by atoms with van der Waals surface area (Å²) in [4.78, 5) is 12.4. The Morgan fingerprint density at radius 1 is 1.41 bits per heavy atom. The number of hydrogen-bond donors (Lipinski definition) is 1. The zero-order valence-electron chi connectivity index (χ0n) is 12.2. The molecule has 1 aromatic rings. The van der Waals surface area contributed by atoms with Crippen molar-refractivity contribution < 1.29 is 13.2 Å². The lowest BCUT2D eigenvalue weighted by molar-refractivity contribution is -0.120. The topological polar surface area (TPSA) is 66.5 Å². The molecule has 1 atom stereocenters. The maximum Gasteiger partial charge on any atom is 0.228 e. The van der Waals surface area contributed by atoms with E-state index in [0.717, 1.165) is 0 Å². The Labute approximate surface area is 140 Å². The number of amides is 1. The highest BCUT2D eigenvalue weighted by atomic mass is 35.5. The lowest BCUT2D eigenvalue weighted by Crippen LogP contribution is -2.44. The molecule has 1 aliphatic rings. The van der Waals surface area contributed by atoms with Gasteiger partial charge in [0, 0.05) is 18.1 Å². The van der Waals surface area contributed by atoms with E-state index in [2.05, 4.69) is 5.32 Å². The molecule has 0 saturated carbocycles. The maximum absolute atomic E-state index is 12.4. The first kappa shape index (κ1) is 17.5. The van der Waals surface area contributed by atoms with Crippen molar-refractivity contribution in [2.24, 2.45) is 5.92 Å². The standard InChI is InChI=1S/C14H18Cl2N2O3S/c1-2-22(20,21)18-7-3-4-10(9-18)14(19)17-13-8-11(15)5-6-12(13)16/h5-6,8,10H,2-4,7,9H2,1H3,(H,17,19)/t10-/m0/s1. The first-order chi connectivity index (χ1) is 10.3. The highest BCUT2D eigenvalue weighted by molar-refractivity contribution is 7.89. The van der Waals surface area contributed by atoms with E-state index in [1.165, 1.54) is 4.31 Å². The lowest BCUT2D eigenvalue weighted by atomic mass is 9.99. The highest BCUT2D eigenvalue weighted by Gasteiger charge is 2.31. The summed E-state index contributed by atoms with van der Waals surface area (Å²) in [6.45, 7) is 2.28. The van der Waals surface area contributed by atoms with E-state index in [-0.39, 0.29) is 24.1 Å². The molecule has 0 aromatic heterocycles. The molecule has 1 aromatic carbocycles. The normalized spacial score (nSPS) is 19.9. The van der Waals surface area contributed by atoms with Crippen LogP contribution in [-0.4, -0.2) is 37.5 Å². The van der Waals surface area contributed by atoms with Gasteiger partial charge in [-0.25, -0.2) is 12.7 Å².